The first-order valence-electron chi connectivity index (χ1n) is 6.91. The molecule has 1 heterocycles. The van der Waals surface area contributed by atoms with Gasteiger partial charge in [-0.2, -0.15) is 0 Å². The minimum atomic E-state index is -2.90. The Kier molecular flexibility index (Phi) is 4.68. The molecule has 0 radical (unpaired) electrons. The average Bonchev–Trinajstić information content (AvgIpc) is 2.79. The molecule has 1 unspecified atom stereocenters. The molecule has 1 aliphatic heterocycles. The lowest BCUT2D eigenvalue weighted by Crippen LogP contribution is -2.32. The molecule has 0 saturated carbocycles. The number of ketones is 1. The minimum Gasteiger partial charge on any atom is -0.496 e. The smallest absolute Gasteiger partial charge is 0.159 e. The van der Waals surface area contributed by atoms with Gasteiger partial charge in [0.15, 0.2) is 15.6 Å². The zero-order valence-electron chi connectivity index (χ0n) is 12.6. The van der Waals surface area contributed by atoms with Gasteiger partial charge in [0.25, 0.3) is 0 Å². The molecule has 0 amide bonds. The van der Waals surface area contributed by atoms with E-state index in [0.29, 0.717) is 24.3 Å². The van der Waals surface area contributed by atoms with Crippen molar-refractivity contribution < 1.29 is 17.9 Å². The molecule has 21 heavy (non-hydrogen) atoms. The second-order valence-electron chi connectivity index (χ2n) is 5.55. The summed E-state index contributed by atoms with van der Waals surface area (Å²) in [7, 11) is 0.601. The topological polar surface area (TPSA) is 63.7 Å². The van der Waals surface area contributed by atoms with Gasteiger partial charge in [-0.25, -0.2) is 8.42 Å². The lowest BCUT2D eigenvalue weighted by atomic mass is 10.1. The van der Waals surface area contributed by atoms with Crippen LogP contribution in [0.2, 0.25) is 0 Å². The van der Waals surface area contributed by atoms with Gasteiger partial charge >= 0.3 is 0 Å². The standard InChI is InChI=1S/C15H21NO4S/c1-11(17)12-4-5-15(20-3)13(8-12)9-16(2)14-6-7-21(18,19)10-14/h4-5,8,14H,6-7,9-10H2,1-3H3. The molecule has 1 aromatic rings. The van der Waals surface area contributed by atoms with Gasteiger partial charge in [0.05, 0.1) is 18.6 Å². The number of carbonyl (C=O) groups excluding carboxylic acids is 1. The summed E-state index contributed by atoms with van der Waals surface area (Å²) in [4.78, 5) is 13.5. The van der Waals surface area contributed by atoms with Crippen LogP contribution in [0.15, 0.2) is 18.2 Å². The Morgan fingerprint density at radius 2 is 2.14 bits per heavy atom. The van der Waals surface area contributed by atoms with Crippen molar-refractivity contribution in [3.63, 3.8) is 0 Å². The second kappa shape index (κ2) is 6.15. The first kappa shape index (κ1) is 16.0. The maximum absolute atomic E-state index is 11.6. The van der Waals surface area contributed by atoms with Crippen LogP contribution in [0.3, 0.4) is 0 Å². The molecule has 0 bridgehead atoms. The summed E-state index contributed by atoms with van der Waals surface area (Å²) in [6.07, 6.45) is 0.660. The molecule has 1 atom stereocenters. The number of Topliss-reactive ketones (excluding diaryl/α,β-unsaturated/α-hetero) is 1. The molecular weight excluding hydrogens is 290 g/mol. The lowest BCUT2D eigenvalue weighted by Gasteiger charge is -2.24. The van der Waals surface area contributed by atoms with E-state index in [2.05, 4.69) is 0 Å². The minimum absolute atomic E-state index is 0.00463. The van der Waals surface area contributed by atoms with Crippen molar-refractivity contribution in [3.8, 4) is 5.75 Å². The summed E-state index contributed by atoms with van der Waals surface area (Å²) in [6.45, 7) is 2.09. The predicted molar refractivity (Wildman–Crippen MR) is 81.5 cm³/mol. The summed E-state index contributed by atoms with van der Waals surface area (Å²) in [6, 6.07) is 5.37. The van der Waals surface area contributed by atoms with Crippen molar-refractivity contribution in [2.24, 2.45) is 0 Å². The summed E-state index contributed by atoms with van der Waals surface area (Å²) >= 11 is 0. The van der Waals surface area contributed by atoms with Crippen LogP contribution in [0.5, 0.6) is 5.75 Å². The van der Waals surface area contributed by atoms with Gasteiger partial charge < -0.3 is 4.74 Å². The number of benzene rings is 1. The first-order valence-corrected chi connectivity index (χ1v) is 8.73. The van der Waals surface area contributed by atoms with Crippen LogP contribution in [-0.2, 0) is 16.4 Å². The van der Waals surface area contributed by atoms with Crippen molar-refractivity contribution in [3.05, 3.63) is 29.3 Å². The van der Waals surface area contributed by atoms with Gasteiger partial charge in [-0.1, -0.05) is 0 Å². The number of hydrogen-bond donors (Lipinski definition) is 0. The number of nitrogens with zero attached hydrogens (tertiary/aromatic N) is 1. The normalized spacial score (nSPS) is 20.7. The summed E-state index contributed by atoms with van der Waals surface area (Å²) in [5.41, 5.74) is 1.54. The summed E-state index contributed by atoms with van der Waals surface area (Å²) in [5, 5.41) is 0. The van der Waals surface area contributed by atoms with Crippen molar-refractivity contribution in [1.29, 1.82) is 0 Å². The molecule has 2 rings (SSSR count). The fraction of sp³-hybridized carbons (Fsp3) is 0.533. The highest BCUT2D eigenvalue weighted by molar-refractivity contribution is 7.91. The molecule has 0 N–H and O–H groups in total. The third kappa shape index (κ3) is 3.83. The van der Waals surface area contributed by atoms with E-state index in [9.17, 15) is 13.2 Å². The molecule has 1 aliphatic rings. The molecule has 1 aromatic carbocycles. The predicted octanol–water partition coefficient (Wildman–Crippen LogP) is 1.52. The van der Waals surface area contributed by atoms with Crippen molar-refractivity contribution in [2.45, 2.75) is 25.9 Å². The summed E-state index contributed by atoms with van der Waals surface area (Å²) in [5.74, 6) is 1.18. The van der Waals surface area contributed by atoms with E-state index in [1.807, 2.05) is 18.0 Å². The number of methoxy groups -OCH3 is 1. The molecule has 1 saturated heterocycles. The highest BCUT2D eigenvalue weighted by Crippen LogP contribution is 2.24. The number of sulfone groups is 1. The molecule has 1 fully saturated rings. The van der Waals surface area contributed by atoms with Crippen molar-refractivity contribution >= 4 is 15.6 Å². The van der Waals surface area contributed by atoms with Crippen molar-refractivity contribution in [1.82, 2.24) is 4.90 Å². The Morgan fingerprint density at radius 3 is 2.67 bits per heavy atom. The molecule has 6 heteroatoms. The summed E-state index contributed by atoms with van der Waals surface area (Å²) < 4.78 is 28.5. The van der Waals surface area contributed by atoms with Gasteiger partial charge in [-0.3, -0.25) is 9.69 Å². The van der Waals surface area contributed by atoms with Gasteiger partial charge in [0.1, 0.15) is 5.75 Å². The van der Waals surface area contributed by atoms with Crippen LogP contribution in [0, 0.1) is 0 Å². The van der Waals surface area contributed by atoms with E-state index >= 15 is 0 Å². The molecular formula is C15H21NO4S. The highest BCUT2D eigenvalue weighted by atomic mass is 32.2. The number of hydrogen-bond acceptors (Lipinski definition) is 5. The van der Waals surface area contributed by atoms with E-state index in [-0.39, 0.29) is 23.3 Å². The largest absolute Gasteiger partial charge is 0.496 e. The fourth-order valence-corrected chi connectivity index (χ4v) is 4.45. The van der Waals surface area contributed by atoms with E-state index in [1.165, 1.54) is 6.92 Å². The van der Waals surface area contributed by atoms with Crippen LogP contribution in [-0.4, -0.2) is 50.8 Å². The van der Waals surface area contributed by atoms with Crippen LogP contribution >= 0.6 is 0 Å². The van der Waals surface area contributed by atoms with E-state index in [4.69, 9.17) is 4.74 Å². The molecule has 0 aromatic heterocycles. The van der Waals surface area contributed by atoms with Crippen LogP contribution in [0.4, 0.5) is 0 Å². The van der Waals surface area contributed by atoms with E-state index in [0.717, 1.165) is 5.56 Å². The van der Waals surface area contributed by atoms with Crippen LogP contribution in [0.1, 0.15) is 29.3 Å². The quantitative estimate of drug-likeness (QED) is 0.771. The van der Waals surface area contributed by atoms with Gasteiger partial charge in [-0.15, -0.1) is 0 Å². The van der Waals surface area contributed by atoms with Gasteiger partial charge in [0, 0.05) is 23.7 Å². The fourth-order valence-electron chi connectivity index (χ4n) is 2.64. The number of ether oxygens (including phenoxy) is 1. The van der Waals surface area contributed by atoms with Crippen molar-refractivity contribution in [2.75, 3.05) is 25.7 Å². The van der Waals surface area contributed by atoms with Crippen LogP contribution in [0.25, 0.3) is 0 Å². The zero-order chi connectivity index (χ0) is 15.6. The molecule has 0 aliphatic carbocycles. The molecule has 0 spiro atoms. The third-order valence-electron chi connectivity index (χ3n) is 3.94. The lowest BCUT2D eigenvalue weighted by molar-refractivity contribution is 0.101. The molecule has 5 nitrogen and oxygen atoms in total. The maximum atomic E-state index is 11.6. The van der Waals surface area contributed by atoms with E-state index < -0.39 is 9.84 Å². The first-order chi connectivity index (χ1) is 9.82. The Balaban J connectivity index is 2.18. The third-order valence-corrected chi connectivity index (χ3v) is 5.69. The Bertz CT molecular complexity index is 639. The monoisotopic (exact) mass is 311 g/mol. The highest BCUT2D eigenvalue weighted by Gasteiger charge is 2.30. The average molecular weight is 311 g/mol. The Labute approximate surface area is 125 Å². The van der Waals surface area contributed by atoms with Gasteiger partial charge in [-0.05, 0) is 38.6 Å². The number of carbonyl (C=O) groups is 1. The SMILES string of the molecule is COc1ccc(C(C)=O)cc1CN(C)C1CCS(=O)(=O)C1. The van der Waals surface area contributed by atoms with E-state index in [1.54, 1.807) is 19.2 Å². The number of rotatable bonds is 5. The zero-order valence-corrected chi connectivity index (χ0v) is 13.4. The van der Waals surface area contributed by atoms with Crippen LogP contribution < -0.4 is 4.74 Å². The molecule has 116 valence electrons. The Hall–Kier alpha value is -1.40. The maximum Gasteiger partial charge on any atom is 0.159 e. The van der Waals surface area contributed by atoms with Gasteiger partial charge in [0.2, 0.25) is 0 Å². The second-order valence-corrected chi connectivity index (χ2v) is 7.78. The Morgan fingerprint density at radius 1 is 1.43 bits per heavy atom.